The van der Waals surface area contributed by atoms with Crippen LogP contribution >= 0.6 is 11.3 Å². The number of hydrogen-bond donors (Lipinski definition) is 1. The van der Waals surface area contributed by atoms with Gasteiger partial charge < -0.3 is 19.7 Å². The third-order valence-electron chi connectivity index (χ3n) is 5.68. The fourth-order valence-electron chi connectivity index (χ4n) is 3.70. The summed E-state index contributed by atoms with van der Waals surface area (Å²) in [6, 6.07) is 8.59. The molecule has 0 saturated heterocycles. The zero-order chi connectivity index (χ0) is 26.1. The third-order valence-corrected chi connectivity index (χ3v) is 6.55. The van der Waals surface area contributed by atoms with E-state index in [0.717, 1.165) is 11.3 Å². The SMILES string of the molecule is CC[C@H](C(=O)NCCC(C)C)N(Cc1cccs1)C(=O)Cn1nnc(-c2ccc(OC)c(OC)c2)n1. The fourth-order valence-corrected chi connectivity index (χ4v) is 4.41. The first kappa shape index (κ1) is 27.1. The van der Waals surface area contributed by atoms with Crippen LogP contribution in [0, 0.1) is 5.92 Å². The Bertz CT molecular complexity index is 1130. The Labute approximate surface area is 215 Å². The molecule has 0 aliphatic carbocycles. The van der Waals surface area contributed by atoms with Crippen molar-refractivity contribution in [1.29, 1.82) is 0 Å². The minimum Gasteiger partial charge on any atom is -0.493 e. The van der Waals surface area contributed by atoms with Gasteiger partial charge in [0, 0.05) is 17.0 Å². The van der Waals surface area contributed by atoms with Crippen LogP contribution in [0.1, 0.15) is 38.5 Å². The Morgan fingerprint density at radius 3 is 2.58 bits per heavy atom. The van der Waals surface area contributed by atoms with Gasteiger partial charge in [0.2, 0.25) is 17.6 Å². The van der Waals surface area contributed by atoms with E-state index in [4.69, 9.17) is 9.47 Å². The number of tetrazole rings is 1. The molecule has 0 radical (unpaired) electrons. The van der Waals surface area contributed by atoms with Crippen molar-refractivity contribution in [2.24, 2.45) is 5.92 Å². The van der Waals surface area contributed by atoms with Crippen molar-refractivity contribution in [3.8, 4) is 22.9 Å². The maximum atomic E-state index is 13.4. The summed E-state index contributed by atoms with van der Waals surface area (Å²) < 4.78 is 10.6. The first-order chi connectivity index (χ1) is 17.4. The van der Waals surface area contributed by atoms with E-state index in [9.17, 15) is 9.59 Å². The molecule has 194 valence electrons. The van der Waals surface area contributed by atoms with Crippen LogP contribution in [0.15, 0.2) is 35.7 Å². The molecular formula is C25H34N6O4S. The molecule has 0 aliphatic rings. The molecular weight excluding hydrogens is 480 g/mol. The lowest BCUT2D eigenvalue weighted by Gasteiger charge is -2.30. The second-order valence-corrected chi connectivity index (χ2v) is 9.74. The molecule has 2 heterocycles. The lowest BCUT2D eigenvalue weighted by molar-refractivity contribution is -0.142. The normalized spacial score (nSPS) is 11.8. The highest BCUT2D eigenvalue weighted by atomic mass is 32.1. The van der Waals surface area contributed by atoms with Crippen molar-refractivity contribution in [2.45, 2.75) is 52.7 Å². The van der Waals surface area contributed by atoms with Crippen LogP contribution in [0.25, 0.3) is 11.4 Å². The number of methoxy groups -OCH3 is 2. The Balaban J connectivity index is 1.77. The molecule has 0 spiro atoms. The number of hydrogen-bond acceptors (Lipinski definition) is 8. The van der Waals surface area contributed by atoms with E-state index in [2.05, 4.69) is 34.6 Å². The Morgan fingerprint density at radius 1 is 1.17 bits per heavy atom. The van der Waals surface area contributed by atoms with E-state index in [-0.39, 0.29) is 18.4 Å². The van der Waals surface area contributed by atoms with Crippen LogP contribution in [-0.2, 0) is 22.7 Å². The van der Waals surface area contributed by atoms with Gasteiger partial charge in [0.1, 0.15) is 12.6 Å². The van der Waals surface area contributed by atoms with E-state index < -0.39 is 6.04 Å². The number of rotatable bonds is 13. The van der Waals surface area contributed by atoms with Gasteiger partial charge >= 0.3 is 0 Å². The summed E-state index contributed by atoms with van der Waals surface area (Å²) in [5.41, 5.74) is 0.678. The predicted molar refractivity (Wildman–Crippen MR) is 138 cm³/mol. The van der Waals surface area contributed by atoms with Crippen molar-refractivity contribution in [3.63, 3.8) is 0 Å². The van der Waals surface area contributed by atoms with Crippen LogP contribution in [-0.4, -0.2) is 63.7 Å². The van der Waals surface area contributed by atoms with Crippen molar-refractivity contribution < 1.29 is 19.1 Å². The van der Waals surface area contributed by atoms with Crippen LogP contribution in [0.2, 0.25) is 0 Å². The lowest BCUT2D eigenvalue weighted by Crippen LogP contribution is -2.50. The second-order valence-electron chi connectivity index (χ2n) is 8.71. The Kier molecular flexibility index (Phi) is 9.80. The summed E-state index contributed by atoms with van der Waals surface area (Å²) in [4.78, 5) is 30.3. The summed E-state index contributed by atoms with van der Waals surface area (Å²) in [5.74, 6) is 1.55. The van der Waals surface area contributed by atoms with Gasteiger partial charge in [-0.25, -0.2) is 0 Å². The highest BCUT2D eigenvalue weighted by Gasteiger charge is 2.29. The van der Waals surface area contributed by atoms with Gasteiger partial charge in [0.15, 0.2) is 11.5 Å². The van der Waals surface area contributed by atoms with Gasteiger partial charge in [0.25, 0.3) is 0 Å². The number of benzene rings is 1. The van der Waals surface area contributed by atoms with Gasteiger partial charge in [-0.15, -0.1) is 21.5 Å². The topological polar surface area (TPSA) is 111 Å². The zero-order valence-electron chi connectivity index (χ0n) is 21.4. The standard InChI is InChI=1S/C25H34N6O4S/c1-6-20(25(33)26-12-11-17(2)3)30(15-19-8-7-13-36-19)23(32)16-31-28-24(27-29-31)18-9-10-21(34-4)22(14-18)35-5/h7-10,13-14,17,20H,6,11-12,15-16H2,1-5H3,(H,26,33)/t20-/m1/s1. The minimum absolute atomic E-state index is 0.137. The Hall–Kier alpha value is -3.47. The largest absolute Gasteiger partial charge is 0.493 e. The summed E-state index contributed by atoms with van der Waals surface area (Å²) in [6.07, 6.45) is 1.37. The number of aromatic nitrogens is 4. The van der Waals surface area contributed by atoms with E-state index in [1.54, 1.807) is 48.7 Å². The number of carbonyl (C=O) groups excluding carboxylic acids is 2. The number of nitrogens with one attached hydrogen (secondary N) is 1. The Morgan fingerprint density at radius 2 is 1.94 bits per heavy atom. The lowest BCUT2D eigenvalue weighted by atomic mass is 10.1. The van der Waals surface area contributed by atoms with Gasteiger partial charge in [-0.05, 0) is 53.6 Å². The first-order valence-corrected chi connectivity index (χ1v) is 12.8. The third kappa shape index (κ3) is 7.03. The second kappa shape index (κ2) is 13.0. The number of ether oxygens (including phenoxy) is 2. The van der Waals surface area contributed by atoms with Crippen LogP contribution in [0.5, 0.6) is 11.5 Å². The summed E-state index contributed by atoms with van der Waals surface area (Å²) in [6.45, 7) is 6.90. The van der Waals surface area contributed by atoms with Gasteiger partial charge in [0.05, 0.1) is 20.8 Å². The molecule has 0 aliphatic heterocycles. The quantitative estimate of drug-likeness (QED) is 0.372. The van der Waals surface area contributed by atoms with E-state index in [1.807, 2.05) is 24.4 Å². The number of amides is 2. The highest BCUT2D eigenvalue weighted by Crippen LogP contribution is 2.30. The van der Waals surface area contributed by atoms with Crippen molar-refractivity contribution in [1.82, 2.24) is 30.4 Å². The molecule has 10 nitrogen and oxygen atoms in total. The molecule has 1 N–H and O–H groups in total. The summed E-state index contributed by atoms with van der Waals surface area (Å²) >= 11 is 1.55. The fraction of sp³-hybridized carbons (Fsp3) is 0.480. The molecule has 3 rings (SSSR count). The smallest absolute Gasteiger partial charge is 0.247 e. The van der Waals surface area contributed by atoms with Crippen LogP contribution < -0.4 is 14.8 Å². The van der Waals surface area contributed by atoms with Gasteiger partial charge in [-0.2, -0.15) is 4.80 Å². The summed E-state index contributed by atoms with van der Waals surface area (Å²) in [5, 5.41) is 17.5. The molecule has 0 fully saturated rings. The molecule has 1 atom stereocenters. The van der Waals surface area contributed by atoms with Crippen molar-refractivity contribution in [2.75, 3.05) is 20.8 Å². The number of carbonyl (C=O) groups is 2. The predicted octanol–water partition coefficient (Wildman–Crippen LogP) is 3.39. The molecule has 0 unspecified atom stereocenters. The van der Waals surface area contributed by atoms with Crippen molar-refractivity contribution >= 4 is 23.2 Å². The highest BCUT2D eigenvalue weighted by molar-refractivity contribution is 7.09. The average Bonchev–Trinajstić information content (AvgIpc) is 3.55. The zero-order valence-corrected chi connectivity index (χ0v) is 22.2. The minimum atomic E-state index is -0.597. The monoisotopic (exact) mass is 514 g/mol. The maximum absolute atomic E-state index is 13.4. The van der Waals surface area contributed by atoms with Gasteiger partial charge in [-0.1, -0.05) is 26.8 Å². The number of nitrogens with zero attached hydrogens (tertiary/aromatic N) is 5. The van der Waals surface area contributed by atoms with E-state index in [0.29, 0.717) is 48.3 Å². The average molecular weight is 515 g/mol. The van der Waals surface area contributed by atoms with Crippen LogP contribution in [0.3, 0.4) is 0 Å². The molecule has 0 bridgehead atoms. The molecule has 11 heteroatoms. The first-order valence-electron chi connectivity index (χ1n) is 12.0. The molecule has 36 heavy (non-hydrogen) atoms. The molecule has 3 aromatic rings. The molecule has 0 saturated carbocycles. The van der Waals surface area contributed by atoms with Crippen LogP contribution in [0.4, 0.5) is 0 Å². The molecule has 2 amide bonds. The van der Waals surface area contributed by atoms with E-state index in [1.165, 1.54) is 4.80 Å². The number of thiophene rings is 1. The van der Waals surface area contributed by atoms with Gasteiger partial charge in [-0.3, -0.25) is 9.59 Å². The van der Waals surface area contributed by atoms with E-state index >= 15 is 0 Å². The molecule has 2 aromatic heterocycles. The maximum Gasteiger partial charge on any atom is 0.247 e. The van der Waals surface area contributed by atoms with Crippen molar-refractivity contribution in [3.05, 3.63) is 40.6 Å². The summed E-state index contributed by atoms with van der Waals surface area (Å²) in [7, 11) is 3.11. The molecule has 1 aromatic carbocycles.